The van der Waals surface area contributed by atoms with Gasteiger partial charge in [-0.15, -0.1) is 0 Å². The molecule has 1 saturated heterocycles. The van der Waals surface area contributed by atoms with Crippen molar-refractivity contribution in [3.63, 3.8) is 0 Å². The van der Waals surface area contributed by atoms with Crippen molar-refractivity contribution >= 4 is 34.4 Å². The number of hydrogen-bond donors (Lipinski definition) is 3. The van der Waals surface area contributed by atoms with Gasteiger partial charge >= 0.3 is 12.2 Å². The molecule has 0 radical (unpaired) electrons. The zero-order chi connectivity index (χ0) is 27.7. The normalized spacial score (nSPS) is 15.0. The maximum Gasteiger partial charge on any atom is 0.416 e. The second kappa shape index (κ2) is 10.5. The number of halogens is 3. The Labute approximate surface area is 222 Å². The van der Waals surface area contributed by atoms with E-state index in [1.807, 2.05) is 24.1 Å². The molecule has 204 valence electrons. The first-order valence-electron chi connectivity index (χ1n) is 12.3. The van der Waals surface area contributed by atoms with E-state index in [0.29, 0.717) is 18.5 Å². The maximum atomic E-state index is 13.9. The van der Waals surface area contributed by atoms with Crippen LogP contribution in [0.25, 0.3) is 22.0 Å². The van der Waals surface area contributed by atoms with Crippen LogP contribution in [0.1, 0.15) is 11.1 Å². The summed E-state index contributed by atoms with van der Waals surface area (Å²) in [7, 11) is 3.72. The molecular formula is C26H28F3N9O. The molecule has 0 saturated carbocycles. The average Bonchev–Trinajstić information content (AvgIpc) is 3.20. The molecule has 2 aromatic carbocycles. The van der Waals surface area contributed by atoms with Crippen LogP contribution in [0, 0.1) is 0 Å². The molecule has 4 N–H and O–H groups in total. The Morgan fingerprint density at radius 2 is 1.69 bits per heavy atom. The number of aryl methyl sites for hydroxylation is 1. The van der Waals surface area contributed by atoms with Crippen LogP contribution in [0.2, 0.25) is 0 Å². The molecule has 0 atom stereocenters. The van der Waals surface area contributed by atoms with Crippen molar-refractivity contribution in [2.75, 3.05) is 49.6 Å². The van der Waals surface area contributed by atoms with Gasteiger partial charge in [0.2, 0.25) is 5.95 Å². The minimum absolute atomic E-state index is 0.0350. The topological polar surface area (TPSA) is 117 Å². The third-order valence-electron chi connectivity index (χ3n) is 6.75. The highest BCUT2D eigenvalue weighted by atomic mass is 19.4. The number of urea groups is 1. The Bertz CT molecular complexity index is 1490. The highest BCUT2D eigenvalue weighted by molar-refractivity contribution is 6.05. The smallest absolute Gasteiger partial charge is 0.368 e. The van der Waals surface area contributed by atoms with Crippen molar-refractivity contribution < 1.29 is 18.0 Å². The lowest BCUT2D eigenvalue weighted by Crippen LogP contribution is -2.44. The molecule has 4 aromatic rings. The van der Waals surface area contributed by atoms with E-state index in [1.165, 1.54) is 12.1 Å². The molecule has 1 aliphatic rings. The van der Waals surface area contributed by atoms with E-state index < -0.39 is 17.8 Å². The number of alkyl halides is 3. The summed E-state index contributed by atoms with van der Waals surface area (Å²) in [6, 6.07) is 8.67. The highest BCUT2D eigenvalue weighted by Gasteiger charge is 2.34. The monoisotopic (exact) mass is 539 g/mol. The summed E-state index contributed by atoms with van der Waals surface area (Å²) in [5.74, 6) is 0.442. The van der Waals surface area contributed by atoms with Crippen LogP contribution in [-0.2, 0) is 19.8 Å². The first-order valence-corrected chi connectivity index (χ1v) is 12.3. The summed E-state index contributed by atoms with van der Waals surface area (Å²) in [6.45, 7) is 3.20. The number of carbonyl (C=O) groups excluding carboxylic acids is 1. The Morgan fingerprint density at radius 1 is 0.974 bits per heavy atom. The van der Waals surface area contributed by atoms with Crippen LogP contribution in [0.15, 0.2) is 48.8 Å². The number of hydrogen-bond acceptors (Lipinski definition) is 7. The standard InChI is InChI=1S/C26H28F3N9O/c1-36-7-9-38(10-8-36)15-17-3-5-19(12-21(17)26(27,28)29)33-25(39)34-23-20-6-4-16(11-22(20)37(2)35-23)18-13-31-24(30)32-14-18/h3-6,11-14H,7-10,15H2,1-2H3,(H2,30,31,32)(H2,33,34,35,39). The van der Waals surface area contributed by atoms with Gasteiger partial charge in [0.15, 0.2) is 5.82 Å². The van der Waals surface area contributed by atoms with Crippen LogP contribution in [0.3, 0.4) is 0 Å². The molecule has 0 spiro atoms. The lowest BCUT2D eigenvalue weighted by molar-refractivity contribution is -0.138. The summed E-state index contributed by atoms with van der Waals surface area (Å²) >= 11 is 0. The molecular weight excluding hydrogens is 511 g/mol. The fourth-order valence-corrected chi connectivity index (χ4v) is 4.59. The van der Waals surface area contributed by atoms with E-state index in [0.717, 1.165) is 35.8 Å². The average molecular weight is 540 g/mol. The van der Waals surface area contributed by atoms with Crippen molar-refractivity contribution in [1.29, 1.82) is 0 Å². The number of benzene rings is 2. The molecule has 13 heteroatoms. The molecule has 0 bridgehead atoms. The SMILES string of the molecule is CN1CCN(Cc2ccc(NC(=O)Nc3nn(C)c4cc(-c5cnc(N)nc5)ccc34)cc2C(F)(F)F)CC1. The number of nitrogens with two attached hydrogens (primary N) is 1. The number of nitrogens with zero attached hydrogens (tertiary/aromatic N) is 6. The summed E-state index contributed by atoms with van der Waals surface area (Å²) in [5.41, 5.74) is 7.33. The third kappa shape index (κ3) is 5.94. The van der Waals surface area contributed by atoms with E-state index in [-0.39, 0.29) is 29.6 Å². The van der Waals surface area contributed by atoms with Gasteiger partial charge in [-0.25, -0.2) is 14.8 Å². The number of aromatic nitrogens is 4. The third-order valence-corrected chi connectivity index (χ3v) is 6.75. The molecule has 10 nitrogen and oxygen atoms in total. The highest BCUT2D eigenvalue weighted by Crippen LogP contribution is 2.35. The van der Waals surface area contributed by atoms with Crippen molar-refractivity contribution in [1.82, 2.24) is 29.5 Å². The van der Waals surface area contributed by atoms with Crippen LogP contribution in [-0.4, -0.2) is 68.8 Å². The number of amides is 2. The first-order chi connectivity index (χ1) is 18.6. The van der Waals surface area contributed by atoms with E-state index in [9.17, 15) is 18.0 Å². The molecule has 5 rings (SSSR count). The van der Waals surface area contributed by atoms with Gasteiger partial charge in [0.25, 0.3) is 0 Å². The molecule has 0 unspecified atom stereocenters. The maximum absolute atomic E-state index is 13.9. The number of nitrogens with one attached hydrogen (secondary N) is 2. The summed E-state index contributed by atoms with van der Waals surface area (Å²) in [4.78, 5) is 24.9. The van der Waals surface area contributed by atoms with Gasteiger partial charge < -0.3 is 16.0 Å². The number of piperazine rings is 1. The van der Waals surface area contributed by atoms with Crippen LogP contribution in [0.5, 0.6) is 0 Å². The molecule has 0 aliphatic carbocycles. The van der Waals surface area contributed by atoms with Gasteiger partial charge in [-0.1, -0.05) is 12.1 Å². The first kappa shape index (κ1) is 26.4. The fraction of sp³-hybridized carbons (Fsp3) is 0.308. The number of rotatable bonds is 5. The second-order valence-corrected chi connectivity index (χ2v) is 9.56. The van der Waals surface area contributed by atoms with E-state index in [2.05, 4.69) is 30.6 Å². The van der Waals surface area contributed by atoms with Gasteiger partial charge in [0, 0.05) is 68.8 Å². The van der Waals surface area contributed by atoms with Crippen molar-refractivity contribution in [3.8, 4) is 11.1 Å². The molecule has 3 heterocycles. The number of likely N-dealkylation sites (N-methyl/N-ethyl adjacent to an activating group) is 1. The zero-order valence-corrected chi connectivity index (χ0v) is 21.5. The Kier molecular flexibility index (Phi) is 7.10. The van der Waals surface area contributed by atoms with E-state index in [4.69, 9.17) is 5.73 Å². The summed E-state index contributed by atoms with van der Waals surface area (Å²) in [5, 5.41) is 10.2. The van der Waals surface area contributed by atoms with Crippen LogP contribution >= 0.6 is 0 Å². The number of anilines is 3. The minimum atomic E-state index is -4.56. The van der Waals surface area contributed by atoms with Gasteiger partial charge in [0.05, 0.1) is 11.1 Å². The minimum Gasteiger partial charge on any atom is -0.368 e. The quantitative estimate of drug-likeness (QED) is 0.351. The molecule has 2 aromatic heterocycles. The van der Waals surface area contributed by atoms with Gasteiger partial charge in [-0.05, 0) is 42.4 Å². The van der Waals surface area contributed by atoms with Gasteiger partial charge in [-0.3, -0.25) is 14.9 Å². The molecule has 39 heavy (non-hydrogen) atoms. The van der Waals surface area contributed by atoms with Crippen LogP contribution < -0.4 is 16.4 Å². The lowest BCUT2D eigenvalue weighted by atomic mass is 10.0. The zero-order valence-electron chi connectivity index (χ0n) is 21.5. The second-order valence-electron chi connectivity index (χ2n) is 9.56. The summed E-state index contributed by atoms with van der Waals surface area (Å²) in [6.07, 6.45) is -1.34. The molecule has 1 aliphatic heterocycles. The summed E-state index contributed by atoms with van der Waals surface area (Å²) < 4.78 is 43.3. The Balaban J connectivity index is 1.32. The largest absolute Gasteiger partial charge is 0.416 e. The van der Waals surface area contributed by atoms with Crippen molar-refractivity contribution in [2.45, 2.75) is 12.7 Å². The van der Waals surface area contributed by atoms with Crippen molar-refractivity contribution in [2.24, 2.45) is 7.05 Å². The lowest BCUT2D eigenvalue weighted by Gasteiger charge is -2.33. The Morgan fingerprint density at radius 3 is 2.38 bits per heavy atom. The van der Waals surface area contributed by atoms with Crippen molar-refractivity contribution in [3.05, 3.63) is 59.9 Å². The molecule has 1 fully saturated rings. The van der Waals surface area contributed by atoms with E-state index in [1.54, 1.807) is 30.2 Å². The Hall–Kier alpha value is -4.23. The number of nitrogen functional groups attached to an aromatic ring is 1. The predicted octanol–water partition coefficient (Wildman–Crippen LogP) is 4.02. The van der Waals surface area contributed by atoms with Gasteiger partial charge in [-0.2, -0.15) is 18.3 Å². The predicted molar refractivity (Wildman–Crippen MR) is 143 cm³/mol. The van der Waals surface area contributed by atoms with E-state index >= 15 is 0 Å². The number of fused-ring (bicyclic) bond motifs is 1. The molecule has 2 amide bonds. The van der Waals surface area contributed by atoms with Gasteiger partial charge in [0.1, 0.15) is 0 Å². The fourth-order valence-electron chi connectivity index (χ4n) is 4.59. The van der Waals surface area contributed by atoms with Crippen LogP contribution in [0.4, 0.5) is 35.4 Å². The number of carbonyl (C=O) groups is 1.